The molecule has 0 spiro atoms. The summed E-state index contributed by atoms with van der Waals surface area (Å²) in [5.41, 5.74) is 0.667. The fraction of sp³-hybridized carbons (Fsp3) is 0.167. The summed E-state index contributed by atoms with van der Waals surface area (Å²) in [6.45, 7) is 0.212. The van der Waals surface area contributed by atoms with Gasteiger partial charge in [0.25, 0.3) is 0 Å². The number of nitriles is 1. The lowest BCUT2D eigenvalue weighted by molar-refractivity contribution is 0.415. The van der Waals surface area contributed by atoms with Gasteiger partial charge in [-0.25, -0.2) is 0 Å². The number of pyridine rings is 1. The van der Waals surface area contributed by atoms with Crippen LogP contribution >= 0.6 is 0 Å². The molecule has 4 heteroatoms. The van der Waals surface area contributed by atoms with Gasteiger partial charge in [-0.15, -0.1) is 0 Å². The van der Waals surface area contributed by atoms with Crippen LogP contribution in [0.2, 0.25) is 0 Å². The first-order valence-corrected chi connectivity index (χ1v) is 4.80. The summed E-state index contributed by atoms with van der Waals surface area (Å²) in [6, 6.07) is 8.72. The topological polar surface area (TPSA) is 55.0 Å². The molecule has 0 amide bonds. The maximum atomic E-state index is 11.6. The highest BCUT2D eigenvalue weighted by Crippen LogP contribution is 2.17. The Bertz CT molecular complexity index is 623. The number of hydrogen-bond acceptors (Lipinski definition) is 3. The molecule has 1 aromatic heterocycles. The molecule has 0 N–H and O–H groups in total. The van der Waals surface area contributed by atoms with E-state index in [1.807, 2.05) is 0 Å². The first-order chi connectivity index (χ1) is 7.76. The van der Waals surface area contributed by atoms with Crippen LogP contribution in [0.3, 0.4) is 0 Å². The Hall–Kier alpha value is -2.28. The molecule has 0 fully saturated rings. The summed E-state index contributed by atoms with van der Waals surface area (Å²) in [4.78, 5) is 11.6. The average molecular weight is 214 g/mol. The monoisotopic (exact) mass is 214 g/mol. The van der Waals surface area contributed by atoms with Crippen molar-refractivity contribution in [3.8, 4) is 11.8 Å². The van der Waals surface area contributed by atoms with Gasteiger partial charge in [-0.05, 0) is 12.1 Å². The maximum absolute atomic E-state index is 11.6. The largest absolute Gasteiger partial charge is 0.497 e. The van der Waals surface area contributed by atoms with E-state index < -0.39 is 0 Å². The Morgan fingerprint density at radius 2 is 2.25 bits per heavy atom. The van der Waals surface area contributed by atoms with Gasteiger partial charge in [-0.1, -0.05) is 0 Å². The van der Waals surface area contributed by atoms with Gasteiger partial charge in [0.2, 0.25) is 0 Å². The Morgan fingerprint density at radius 1 is 1.44 bits per heavy atom. The van der Waals surface area contributed by atoms with Crippen molar-refractivity contribution in [1.29, 1.82) is 5.26 Å². The number of rotatable bonds is 2. The Kier molecular flexibility index (Phi) is 2.61. The second kappa shape index (κ2) is 4.07. The second-order valence-electron chi connectivity index (χ2n) is 3.35. The molecule has 1 heterocycles. The Balaban J connectivity index is 2.78. The molecule has 0 aliphatic rings. The van der Waals surface area contributed by atoms with Gasteiger partial charge in [-0.3, -0.25) is 4.79 Å². The molecular weight excluding hydrogens is 204 g/mol. The molecule has 2 rings (SSSR count). The van der Waals surface area contributed by atoms with Gasteiger partial charge in [0.05, 0.1) is 18.7 Å². The summed E-state index contributed by atoms with van der Waals surface area (Å²) in [5.74, 6) is 0.671. The maximum Gasteiger partial charge on any atom is 0.189 e. The van der Waals surface area contributed by atoms with Crippen molar-refractivity contribution in [2.75, 3.05) is 7.11 Å². The molecular formula is C12H10N2O2. The summed E-state index contributed by atoms with van der Waals surface area (Å²) >= 11 is 0. The third kappa shape index (κ3) is 1.63. The number of aromatic nitrogens is 1. The minimum Gasteiger partial charge on any atom is -0.497 e. The van der Waals surface area contributed by atoms with Gasteiger partial charge in [0, 0.05) is 23.7 Å². The predicted molar refractivity (Wildman–Crippen MR) is 60.4 cm³/mol. The van der Waals surface area contributed by atoms with E-state index >= 15 is 0 Å². The summed E-state index contributed by atoms with van der Waals surface area (Å²) in [6.07, 6.45) is 1.62. The molecule has 16 heavy (non-hydrogen) atoms. The molecule has 0 atom stereocenters. The normalized spacial score (nSPS) is 10.0. The Morgan fingerprint density at radius 3 is 2.94 bits per heavy atom. The molecule has 4 nitrogen and oxygen atoms in total. The highest BCUT2D eigenvalue weighted by molar-refractivity contribution is 5.80. The van der Waals surface area contributed by atoms with Gasteiger partial charge >= 0.3 is 0 Å². The highest BCUT2D eigenvalue weighted by atomic mass is 16.5. The van der Waals surface area contributed by atoms with Crippen LogP contribution < -0.4 is 10.2 Å². The van der Waals surface area contributed by atoms with E-state index in [2.05, 4.69) is 6.07 Å². The zero-order valence-corrected chi connectivity index (χ0v) is 8.80. The van der Waals surface area contributed by atoms with Crippen molar-refractivity contribution >= 4 is 10.9 Å². The minimum atomic E-state index is -0.0492. The molecule has 0 radical (unpaired) electrons. The number of ether oxygens (including phenoxy) is 1. The van der Waals surface area contributed by atoms with Crippen molar-refractivity contribution in [3.05, 3.63) is 40.7 Å². The molecule has 80 valence electrons. The van der Waals surface area contributed by atoms with Crippen LogP contribution in [0.1, 0.15) is 0 Å². The number of hydrogen-bond donors (Lipinski definition) is 0. The summed E-state index contributed by atoms with van der Waals surface area (Å²) < 4.78 is 6.82. The van der Waals surface area contributed by atoms with Gasteiger partial charge in [0.1, 0.15) is 12.3 Å². The van der Waals surface area contributed by atoms with Crippen LogP contribution in [0.4, 0.5) is 0 Å². The van der Waals surface area contributed by atoms with Gasteiger partial charge < -0.3 is 9.30 Å². The third-order valence-corrected chi connectivity index (χ3v) is 2.43. The lowest BCUT2D eigenvalue weighted by Gasteiger charge is -2.07. The van der Waals surface area contributed by atoms with Crippen LogP contribution in [-0.2, 0) is 6.54 Å². The predicted octanol–water partition coefficient (Wildman–Crippen LogP) is 1.53. The van der Waals surface area contributed by atoms with E-state index in [1.165, 1.54) is 6.07 Å². The van der Waals surface area contributed by atoms with Crippen LogP contribution in [-0.4, -0.2) is 11.7 Å². The molecule has 2 aromatic rings. The molecule has 0 aliphatic carbocycles. The molecule has 0 bridgehead atoms. The van der Waals surface area contributed by atoms with Crippen LogP contribution in [0.25, 0.3) is 10.9 Å². The van der Waals surface area contributed by atoms with Crippen molar-refractivity contribution in [2.45, 2.75) is 6.54 Å². The molecule has 0 aliphatic heterocycles. The second-order valence-corrected chi connectivity index (χ2v) is 3.35. The van der Waals surface area contributed by atoms with Crippen molar-refractivity contribution in [3.63, 3.8) is 0 Å². The first-order valence-electron chi connectivity index (χ1n) is 4.80. The standard InChI is InChI=1S/C12H10N2O2/c1-16-9-2-3-10-11(8-9)14(7-5-13)6-4-12(10)15/h2-4,6,8H,7H2,1H3. The third-order valence-electron chi connectivity index (χ3n) is 2.43. The molecule has 0 unspecified atom stereocenters. The van der Waals surface area contributed by atoms with E-state index in [0.717, 1.165) is 0 Å². The number of methoxy groups -OCH3 is 1. The average Bonchev–Trinajstić information content (AvgIpc) is 2.32. The zero-order valence-electron chi connectivity index (χ0n) is 8.80. The van der Waals surface area contributed by atoms with Crippen molar-refractivity contribution < 1.29 is 4.74 Å². The van der Waals surface area contributed by atoms with E-state index in [-0.39, 0.29) is 12.0 Å². The SMILES string of the molecule is COc1ccc2c(=O)ccn(CC#N)c2c1. The fourth-order valence-corrected chi connectivity index (χ4v) is 1.63. The minimum absolute atomic E-state index is 0.0492. The molecule has 0 saturated carbocycles. The van der Waals surface area contributed by atoms with Gasteiger partial charge in [0.15, 0.2) is 5.43 Å². The van der Waals surface area contributed by atoms with E-state index in [9.17, 15) is 4.79 Å². The van der Waals surface area contributed by atoms with Crippen LogP contribution in [0.15, 0.2) is 35.3 Å². The quantitative estimate of drug-likeness (QED) is 0.761. The van der Waals surface area contributed by atoms with E-state index in [1.54, 1.807) is 36.1 Å². The van der Waals surface area contributed by atoms with Gasteiger partial charge in [-0.2, -0.15) is 5.26 Å². The number of benzene rings is 1. The summed E-state index contributed by atoms with van der Waals surface area (Å²) in [5, 5.41) is 9.29. The number of nitrogens with zero attached hydrogens (tertiary/aromatic N) is 2. The van der Waals surface area contributed by atoms with Crippen molar-refractivity contribution in [1.82, 2.24) is 4.57 Å². The lowest BCUT2D eigenvalue weighted by Crippen LogP contribution is -2.07. The number of fused-ring (bicyclic) bond motifs is 1. The van der Waals surface area contributed by atoms with E-state index in [4.69, 9.17) is 10.00 Å². The smallest absolute Gasteiger partial charge is 0.189 e. The highest BCUT2D eigenvalue weighted by Gasteiger charge is 2.03. The first kappa shape index (κ1) is 10.2. The molecule has 0 saturated heterocycles. The Labute approximate surface area is 92.3 Å². The van der Waals surface area contributed by atoms with Crippen LogP contribution in [0, 0.1) is 11.3 Å². The summed E-state index contributed by atoms with van der Waals surface area (Å²) in [7, 11) is 1.57. The molecule has 1 aromatic carbocycles. The van der Waals surface area contributed by atoms with E-state index in [0.29, 0.717) is 16.7 Å². The lowest BCUT2D eigenvalue weighted by atomic mass is 10.2. The zero-order chi connectivity index (χ0) is 11.5. The van der Waals surface area contributed by atoms with Crippen LogP contribution in [0.5, 0.6) is 5.75 Å². The van der Waals surface area contributed by atoms with Crippen molar-refractivity contribution in [2.24, 2.45) is 0 Å². The fourth-order valence-electron chi connectivity index (χ4n) is 1.63.